The number of rotatable bonds is 1. The van der Waals surface area contributed by atoms with E-state index in [1.165, 1.54) is 11.5 Å². The lowest BCUT2D eigenvalue weighted by Gasteiger charge is -2.00. The van der Waals surface area contributed by atoms with Crippen LogP contribution in [0, 0.1) is 0 Å². The molecule has 0 spiro atoms. The molecule has 0 atom stereocenters. The molecule has 0 unspecified atom stereocenters. The van der Waals surface area contributed by atoms with Crippen molar-refractivity contribution in [1.29, 1.82) is 0 Å². The molecule has 0 saturated heterocycles. The number of benzene rings is 1. The Morgan fingerprint density at radius 1 is 1.38 bits per heavy atom. The highest BCUT2D eigenvalue weighted by Gasteiger charge is 2.08. The molecular formula is C10H9N5S. The molecule has 3 rings (SSSR count). The Kier molecular flexibility index (Phi) is 1.90. The Labute approximate surface area is 95.7 Å². The number of aromatic nitrogens is 4. The molecule has 0 aliphatic rings. The van der Waals surface area contributed by atoms with E-state index >= 15 is 0 Å². The second-order valence-electron chi connectivity index (χ2n) is 3.52. The van der Waals surface area contributed by atoms with Gasteiger partial charge in [0.05, 0.1) is 10.9 Å². The highest BCUT2D eigenvalue weighted by molar-refractivity contribution is 7.12. The van der Waals surface area contributed by atoms with Gasteiger partial charge in [-0.15, -0.1) is 5.10 Å². The third-order valence-electron chi connectivity index (χ3n) is 2.54. The molecule has 2 N–H and O–H groups in total. The first-order chi connectivity index (χ1) is 7.75. The van der Waals surface area contributed by atoms with Crippen molar-refractivity contribution in [3.63, 3.8) is 0 Å². The lowest BCUT2D eigenvalue weighted by Crippen LogP contribution is -1.97. The molecule has 0 fully saturated rings. The van der Waals surface area contributed by atoms with Crippen LogP contribution in [-0.2, 0) is 7.05 Å². The van der Waals surface area contributed by atoms with E-state index < -0.39 is 0 Å². The summed E-state index contributed by atoms with van der Waals surface area (Å²) in [5.74, 6) is 0.664. The Balaban J connectivity index is 2.21. The topological polar surface area (TPSA) is 69.6 Å². The van der Waals surface area contributed by atoms with Crippen molar-refractivity contribution < 1.29 is 0 Å². The van der Waals surface area contributed by atoms with Crippen LogP contribution >= 0.6 is 11.5 Å². The molecule has 80 valence electrons. The number of fused-ring (bicyclic) bond motifs is 1. The van der Waals surface area contributed by atoms with Crippen molar-refractivity contribution >= 4 is 27.6 Å². The highest BCUT2D eigenvalue weighted by atomic mass is 32.1. The molecule has 5 nitrogen and oxygen atoms in total. The van der Waals surface area contributed by atoms with E-state index in [1.54, 1.807) is 10.9 Å². The molecule has 6 heteroatoms. The minimum atomic E-state index is 0.664. The van der Waals surface area contributed by atoms with Crippen LogP contribution in [0.25, 0.3) is 21.3 Å². The monoisotopic (exact) mass is 231 g/mol. The summed E-state index contributed by atoms with van der Waals surface area (Å²) in [7, 11) is 1.83. The molecule has 0 aliphatic heterocycles. The molecule has 0 radical (unpaired) electrons. The van der Waals surface area contributed by atoms with Crippen LogP contribution in [0.2, 0.25) is 0 Å². The molecular weight excluding hydrogens is 222 g/mol. The van der Waals surface area contributed by atoms with E-state index in [4.69, 9.17) is 5.73 Å². The van der Waals surface area contributed by atoms with E-state index in [0.29, 0.717) is 5.82 Å². The van der Waals surface area contributed by atoms with E-state index in [-0.39, 0.29) is 0 Å². The van der Waals surface area contributed by atoms with Gasteiger partial charge in [0.2, 0.25) is 0 Å². The molecule has 0 bridgehead atoms. The number of nitrogen functional groups attached to an aromatic ring is 1. The van der Waals surface area contributed by atoms with Crippen molar-refractivity contribution in [2.75, 3.05) is 5.73 Å². The summed E-state index contributed by atoms with van der Waals surface area (Å²) < 4.78 is 6.62. The van der Waals surface area contributed by atoms with Gasteiger partial charge in [-0.2, -0.15) is 5.10 Å². The number of aryl methyl sites for hydroxylation is 1. The van der Waals surface area contributed by atoms with Crippen molar-refractivity contribution in [1.82, 2.24) is 19.4 Å². The Morgan fingerprint density at radius 3 is 3.00 bits per heavy atom. The first-order valence-electron chi connectivity index (χ1n) is 4.75. The Bertz CT molecular complexity index is 654. The van der Waals surface area contributed by atoms with E-state index in [0.717, 1.165) is 21.3 Å². The average molecular weight is 231 g/mol. The van der Waals surface area contributed by atoms with Crippen molar-refractivity contribution in [2.24, 2.45) is 7.05 Å². The Hall–Kier alpha value is -1.95. The SMILES string of the molecule is Cn1ncc(-c2ccc3nnsc3c2)c1N. The minimum absolute atomic E-state index is 0.664. The summed E-state index contributed by atoms with van der Waals surface area (Å²) in [4.78, 5) is 0. The zero-order chi connectivity index (χ0) is 11.1. The van der Waals surface area contributed by atoms with Gasteiger partial charge in [-0.3, -0.25) is 4.68 Å². The third kappa shape index (κ3) is 1.27. The minimum Gasteiger partial charge on any atom is -0.383 e. The van der Waals surface area contributed by atoms with Gasteiger partial charge < -0.3 is 5.73 Å². The van der Waals surface area contributed by atoms with Crippen LogP contribution in [0.15, 0.2) is 24.4 Å². The summed E-state index contributed by atoms with van der Waals surface area (Å²) in [6.45, 7) is 0. The lowest BCUT2D eigenvalue weighted by molar-refractivity contribution is 0.779. The molecule has 1 aromatic carbocycles. The number of hydrogen-bond donors (Lipinski definition) is 1. The fraction of sp³-hybridized carbons (Fsp3) is 0.100. The second-order valence-corrected chi connectivity index (χ2v) is 4.31. The Morgan fingerprint density at radius 2 is 2.25 bits per heavy atom. The number of nitrogens with zero attached hydrogens (tertiary/aromatic N) is 4. The van der Waals surface area contributed by atoms with Gasteiger partial charge in [0.25, 0.3) is 0 Å². The first kappa shape index (κ1) is 9.29. The zero-order valence-electron chi connectivity index (χ0n) is 8.58. The van der Waals surface area contributed by atoms with Crippen LogP contribution in [-0.4, -0.2) is 19.4 Å². The fourth-order valence-electron chi connectivity index (χ4n) is 1.62. The van der Waals surface area contributed by atoms with Crippen molar-refractivity contribution in [3.05, 3.63) is 24.4 Å². The van der Waals surface area contributed by atoms with Crippen molar-refractivity contribution in [3.8, 4) is 11.1 Å². The summed E-state index contributed by atoms with van der Waals surface area (Å²) >= 11 is 1.38. The molecule has 2 heterocycles. The predicted octanol–water partition coefficient (Wildman–Crippen LogP) is 1.67. The van der Waals surface area contributed by atoms with Crippen LogP contribution in [0.5, 0.6) is 0 Å². The predicted molar refractivity (Wildman–Crippen MR) is 64.0 cm³/mol. The smallest absolute Gasteiger partial charge is 0.129 e. The van der Waals surface area contributed by atoms with Gasteiger partial charge in [0.15, 0.2) is 0 Å². The highest BCUT2D eigenvalue weighted by Crippen LogP contribution is 2.28. The van der Waals surface area contributed by atoms with Gasteiger partial charge in [-0.05, 0) is 29.2 Å². The largest absolute Gasteiger partial charge is 0.383 e. The number of nitrogens with two attached hydrogens (primary N) is 1. The van der Waals surface area contributed by atoms with Gasteiger partial charge >= 0.3 is 0 Å². The summed E-state index contributed by atoms with van der Waals surface area (Å²) in [5.41, 5.74) is 8.83. The third-order valence-corrected chi connectivity index (χ3v) is 3.23. The van der Waals surface area contributed by atoms with Crippen LogP contribution in [0.1, 0.15) is 0 Å². The molecule has 16 heavy (non-hydrogen) atoms. The fourth-order valence-corrected chi connectivity index (χ4v) is 2.21. The summed E-state index contributed by atoms with van der Waals surface area (Å²) in [5, 5.41) is 8.12. The molecule has 3 aromatic rings. The van der Waals surface area contributed by atoms with Gasteiger partial charge in [0.1, 0.15) is 11.3 Å². The molecule has 0 saturated carbocycles. The number of anilines is 1. The maximum atomic E-state index is 5.93. The molecule has 0 aliphatic carbocycles. The van der Waals surface area contributed by atoms with Crippen LogP contribution in [0.3, 0.4) is 0 Å². The molecule has 2 aromatic heterocycles. The van der Waals surface area contributed by atoms with Crippen LogP contribution < -0.4 is 5.73 Å². The van der Waals surface area contributed by atoms with Gasteiger partial charge in [-0.1, -0.05) is 10.6 Å². The maximum Gasteiger partial charge on any atom is 0.129 e. The van der Waals surface area contributed by atoms with E-state index in [2.05, 4.69) is 14.7 Å². The summed E-state index contributed by atoms with van der Waals surface area (Å²) in [6, 6.07) is 5.96. The van der Waals surface area contributed by atoms with Crippen molar-refractivity contribution in [2.45, 2.75) is 0 Å². The standard InChI is InChI=1S/C10H9N5S/c1-15-10(11)7(5-12-15)6-2-3-8-9(4-6)16-14-13-8/h2-5H,11H2,1H3. The summed E-state index contributed by atoms with van der Waals surface area (Å²) in [6.07, 6.45) is 1.77. The molecule has 0 amide bonds. The second kappa shape index (κ2) is 3.28. The quantitative estimate of drug-likeness (QED) is 0.691. The van der Waals surface area contributed by atoms with Gasteiger partial charge in [-0.25, -0.2) is 0 Å². The van der Waals surface area contributed by atoms with Crippen LogP contribution in [0.4, 0.5) is 5.82 Å². The van der Waals surface area contributed by atoms with Gasteiger partial charge in [0, 0.05) is 12.6 Å². The average Bonchev–Trinajstić information content (AvgIpc) is 2.86. The number of hydrogen-bond acceptors (Lipinski definition) is 5. The lowest BCUT2D eigenvalue weighted by atomic mass is 10.1. The zero-order valence-corrected chi connectivity index (χ0v) is 9.40. The normalized spacial score (nSPS) is 11.1. The maximum absolute atomic E-state index is 5.93. The first-order valence-corrected chi connectivity index (χ1v) is 5.53. The van der Waals surface area contributed by atoms with E-state index in [9.17, 15) is 0 Å². The van der Waals surface area contributed by atoms with E-state index in [1.807, 2.05) is 25.2 Å².